The summed E-state index contributed by atoms with van der Waals surface area (Å²) in [6.07, 6.45) is 5.33. The molecule has 3 aromatic rings. The number of nitrogens with zero attached hydrogens (tertiary/aromatic N) is 2. The molecule has 1 amide bonds. The van der Waals surface area contributed by atoms with Gasteiger partial charge in [-0.2, -0.15) is 5.10 Å². The minimum Gasteiger partial charge on any atom is -0.508 e. The molecule has 0 spiro atoms. The molecule has 0 radical (unpaired) electrons. The van der Waals surface area contributed by atoms with Gasteiger partial charge < -0.3 is 14.8 Å². The quantitative estimate of drug-likeness (QED) is 0.300. The predicted octanol–water partition coefficient (Wildman–Crippen LogP) is 3.76. The normalized spacial score (nSPS) is 11.2. The van der Waals surface area contributed by atoms with Crippen LogP contribution in [0.2, 0.25) is 0 Å². The Balaban J connectivity index is 1.91. The van der Waals surface area contributed by atoms with Crippen LogP contribution in [0.1, 0.15) is 48.5 Å². The van der Waals surface area contributed by atoms with Crippen molar-refractivity contribution in [2.75, 3.05) is 0 Å². The predicted molar refractivity (Wildman–Crippen MR) is 117 cm³/mol. The first-order valence-electron chi connectivity index (χ1n) is 10.00. The highest BCUT2D eigenvalue weighted by molar-refractivity contribution is 6.02. The number of benzene rings is 2. The number of carbonyl (C=O) groups is 1. The summed E-state index contributed by atoms with van der Waals surface area (Å²) in [7, 11) is 0. The topological polar surface area (TPSA) is 104 Å². The maximum Gasteiger partial charge on any atom is 0.280 e. The number of hydrogen-bond acceptors (Lipinski definition) is 5. The molecule has 0 aliphatic heterocycles. The number of phenolic OH excluding ortho intramolecular Hbond substituents is 1. The Morgan fingerprint density at radius 2 is 1.80 bits per heavy atom. The number of unbranched alkanes of at least 4 members (excludes halogenated alkanes) is 3. The SMILES string of the molecule is CCCCCCn1c(=O)c(C(=O)N/N=C/c2ccc(O)cc2)c(O)c2ccccc21. The Kier molecular flexibility index (Phi) is 6.85. The minimum atomic E-state index is -0.777. The van der Waals surface area contributed by atoms with E-state index in [1.165, 1.54) is 18.3 Å². The van der Waals surface area contributed by atoms with Crippen LogP contribution in [0.3, 0.4) is 0 Å². The fraction of sp³-hybridized carbons (Fsp3) is 0.261. The Morgan fingerprint density at radius 3 is 2.53 bits per heavy atom. The molecule has 2 aromatic carbocycles. The van der Waals surface area contributed by atoms with Crippen LogP contribution < -0.4 is 11.0 Å². The third-order valence-electron chi connectivity index (χ3n) is 4.88. The van der Waals surface area contributed by atoms with Crippen LogP contribution in [-0.2, 0) is 6.54 Å². The zero-order valence-corrected chi connectivity index (χ0v) is 16.8. The van der Waals surface area contributed by atoms with E-state index >= 15 is 0 Å². The maximum atomic E-state index is 13.0. The minimum absolute atomic E-state index is 0.122. The number of amides is 1. The zero-order valence-electron chi connectivity index (χ0n) is 16.8. The molecule has 30 heavy (non-hydrogen) atoms. The van der Waals surface area contributed by atoms with Crippen LogP contribution in [-0.4, -0.2) is 26.9 Å². The summed E-state index contributed by atoms with van der Waals surface area (Å²) in [6, 6.07) is 13.2. The fourth-order valence-electron chi connectivity index (χ4n) is 3.29. The Labute approximate surface area is 174 Å². The lowest BCUT2D eigenvalue weighted by Gasteiger charge is -2.14. The van der Waals surface area contributed by atoms with Crippen LogP contribution in [0.15, 0.2) is 58.4 Å². The van der Waals surface area contributed by atoms with Gasteiger partial charge in [0.25, 0.3) is 11.5 Å². The first-order chi connectivity index (χ1) is 14.5. The molecule has 0 aliphatic carbocycles. The van der Waals surface area contributed by atoms with E-state index in [0.29, 0.717) is 23.0 Å². The molecule has 0 bridgehead atoms. The van der Waals surface area contributed by atoms with Gasteiger partial charge in [-0.25, -0.2) is 5.43 Å². The van der Waals surface area contributed by atoms with Crippen molar-refractivity contribution in [2.45, 2.75) is 39.2 Å². The van der Waals surface area contributed by atoms with Crippen molar-refractivity contribution in [3.05, 3.63) is 70.0 Å². The number of hydrogen-bond donors (Lipinski definition) is 3. The van der Waals surface area contributed by atoms with E-state index in [1.54, 1.807) is 41.0 Å². The van der Waals surface area contributed by atoms with Gasteiger partial charge in [-0.3, -0.25) is 9.59 Å². The van der Waals surface area contributed by atoms with Crippen LogP contribution in [0.5, 0.6) is 11.5 Å². The van der Waals surface area contributed by atoms with Crippen molar-refractivity contribution >= 4 is 23.0 Å². The Bertz CT molecular complexity index is 1120. The average molecular weight is 407 g/mol. The van der Waals surface area contributed by atoms with E-state index in [-0.39, 0.29) is 17.1 Å². The summed E-state index contributed by atoms with van der Waals surface area (Å²) < 4.78 is 1.54. The van der Waals surface area contributed by atoms with E-state index < -0.39 is 11.5 Å². The van der Waals surface area contributed by atoms with Gasteiger partial charge in [-0.05, 0) is 48.4 Å². The molecule has 0 aliphatic rings. The second kappa shape index (κ2) is 9.73. The Hall–Kier alpha value is -3.61. The van der Waals surface area contributed by atoms with Gasteiger partial charge in [-0.15, -0.1) is 0 Å². The molecular formula is C23H25N3O4. The third kappa shape index (κ3) is 4.68. The number of carbonyl (C=O) groups excluding carboxylic acids is 1. The highest BCUT2D eigenvalue weighted by atomic mass is 16.3. The monoisotopic (exact) mass is 407 g/mol. The molecule has 7 heteroatoms. The van der Waals surface area contributed by atoms with Crippen molar-refractivity contribution in [1.82, 2.24) is 9.99 Å². The van der Waals surface area contributed by atoms with E-state index in [0.717, 1.165) is 25.7 Å². The van der Waals surface area contributed by atoms with E-state index in [2.05, 4.69) is 17.5 Å². The smallest absolute Gasteiger partial charge is 0.280 e. The fourth-order valence-corrected chi connectivity index (χ4v) is 3.29. The third-order valence-corrected chi connectivity index (χ3v) is 4.88. The zero-order chi connectivity index (χ0) is 21.5. The summed E-state index contributed by atoms with van der Waals surface area (Å²) in [5, 5.41) is 24.2. The van der Waals surface area contributed by atoms with Crippen LogP contribution in [0, 0.1) is 0 Å². The highest BCUT2D eigenvalue weighted by Crippen LogP contribution is 2.26. The van der Waals surface area contributed by atoms with E-state index in [4.69, 9.17) is 0 Å². The molecule has 156 valence electrons. The largest absolute Gasteiger partial charge is 0.508 e. The van der Waals surface area contributed by atoms with Crippen molar-refractivity contribution in [3.63, 3.8) is 0 Å². The molecule has 3 rings (SSSR count). The molecule has 7 nitrogen and oxygen atoms in total. The number of nitrogens with one attached hydrogen (secondary N) is 1. The second-order valence-corrected chi connectivity index (χ2v) is 7.05. The summed E-state index contributed by atoms with van der Waals surface area (Å²) >= 11 is 0. The van der Waals surface area contributed by atoms with Gasteiger partial charge in [0.1, 0.15) is 17.1 Å². The van der Waals surface area contributed by atoms with Crippen molar-refractivity contribution in [3.8, 4) is 11.5 Å². The van der Waals surface area contributed by atoms with Gasteiger partial charge in [-0.1, -0.05) is 38.3 Å². The lowest BCUT2D eigenvalue weighted by atomic mass is 10.1. The summed E-state index contributed by atoms with van der Waals surface area (Å²) in [4.78, 5) is 25.7. The van der Waals surface area contributed by atoms with E-state index in [9.17, 15) is 19.8 Å². The molecule has 3 N–H and O–H groups in total. The number of hydrazone groups is 1. The van der Waals surface area contributed by atoms with Crippen molar-refractivity contribution in [2.24, 2.45) is 5.10 Å². The van der Waals surface area contributed by atoms with Gasteiger partial charge in [0.05, 0.1) is 11.7 Å². The molecule has 0 fully saturated rings. The number of rotatable bonds is 8. The average Bonchev–Trinajstić information content (AvgIpc) is 2.75. The molecule has 0 unspecified atom stereocenters. The number of aryl methyl sites for hydroxylation is 1. The number of aromatic nitrogens is 1. The summed E-state index contributed by atoms with van der Waals surface area (Å²) in [5.74, 6) is -1.00. The first kappa shape index (κ1) is 21.1. The second-order valence-electron chi connectivity index (χ2n) is 7.05. The number of phenols is 1. The number of fused-ring (bicyclic) bond motifs is 1. The van der Waals surface area contributed by atoms with Gasteiger partial charge in [0.2, 0.25) is 0 Å². The summed E-state index contributed by atoms with van der Waals surface area (Å²) in [6.45, 7) is 2.58. The Morgan fingerprint density at radius 1 is 1.07 bits per heavy atom. The van der Waals surface area contributed by atoms with Crippen LogP contribution in [0.4, 0.5) is 0 Å². The van der Waals surface area contributed by atoms with Gasteiger partial charge in [0, 0.05) is 11.9 Å². The molecule has 0 saturated heterocycles. The standard InChI is InChI=1S/C23H25N3O4/c1-2-3-4-7-14-26-19-9-6-5-8-18(19)21(28)20(23(26)30)22(29)25-24-15-16-10-12-17(27)13-11-16/h5-6,8-13,15,27-28H,2-4,7,14H2,1H3,(H,25,29)/b24-15+. The molecule has 1 aromatic heterocycles. The van der Waals surface area contributed by atoms with Gasteiger partial charge >= 0.3 is 0 Å². The lowest BCUT2D eigenvalue weighted by Crippen LogP contribution is -2.31. The molecule has 0 atom stereocenters. The maximum absolute atomic E-state index is 13.0. The van der Waals surface area contributed by atoms with Crippen molar-refractivity contribution in [1.29, 1.82) is 0 Å². The highest BCUT2D eigenvalue weighted by Gasteiger charge is 2.21. The van der Waals surface area contributed by atoms with Crippen molar-refractivity contribution < 1.29 is 15.0 Å². The molecular weight excluding hydrogens is 382 g/mol. The molecule has 0 saturated carbocycles. The number of pyridine rings is 1. The summed E-state index contributed by atoms with van der Waals surface area (Å²) in [5.41, 5.74) is 2.69. The molecule has 1 heterocycles. The number of aromatic hydroxyl groups is 2. The van der Waals surface area contributed by atoms with E-state index in [1.807, 2.05) is 0 Å². The van der Waals surface area contributed by atoms with Crippen LogP contribution >= 0.6 is 0 Å². The van der Waals surface area contributed by atoms with Crippen LogP contribution in [0.25, 0.3) is 10.9 Å². The first-order valence-corrected chi connectivity index (χ1v) is 10.00. The lowest BCUT2D eigenvalue weighted by molar-refractivity contribution is 0.0950. The van der Waals surface area contributed by atoms with Gasteiger partial charge in [0.15, 0.2) is 0 Å². The number of para-hydroxylation sites is 1.